The van der Waals surface area contributed by atoms with Crippen molar-refractivity contribution in [1.29, 1.82) is 0 Å². The predicted octanol–water partition coefficient (Wildman–Crippen LogP) is 4.08. The summed E-state index contributed by atoms with van der Waals surface area (Å²) < 4.78 is 0. The Morgan fingerprint density at radius 1 is 0.933 bits per heavy atom. The summed E-state index contributed by atoms with van der Waals surface area (Å²) in [5.41, 5.74) is 0. The molecule has 1 atom stereocenters. The highest BCUT2D eigenvalue weighted by atomic mass is 14.9. The Morgan fingerprint density at radius 2 is 1.60 bits per heavy atom. The quantitative estimate of drug-likeness (QED) is 0.569. The van der Waals surface area contributed by atoms with Crippen LogP contribution in [0.3, 0.4) is 0 Å². The van der Waals surface area contributed by atoms with Crippen LogP contribution in [0.1, 0.15) is 60.3 Å². The second kappa shape index (κ2) is 9.21. The first-order chi connectivity index (χ1) is 7.07. The lowest BCUT2D eigenvalue weighted by Gasteiger charge is -2.22. The van der Waals surface area contributed by atoms with Gasteiger partial charge in [0.15, 0.2) is 0 Å². The van der Waals surface area contributed by atoms with E-state index in [9.17, 15) is 0 Å². The van der Waals surface area contributed by atoms with Crippen LogP contribution in [0.15, 0.2) is 0 Å². The summed E-state index contributed by atoms with van der Waals surface area (Å²) in [5, 5.41) is 3.59. The van der Waals surface area contributed by atoms with Crippen LogP contribution < -0.4 is 5.32 Å². The molecule has 1 nitrogen and oxygen atoms in total. The maximum Gasteiger partial charge on any atom is -0.00180 e. The fraction of sp³-hybridized carbons (Fsp3) is 1.00. The van der Waals surface area contributed by atoms with Crippen molar-refractivity contribution in [2.75, 3.05) is 13.1 Å². The molecule has 0 saturated heterocycles. The molecule has 0 aromatic carbocycles. The first-order valence-electron chi connectivity index (χ1n) is 6.78. The Labute approximate surface area is 97.0 Å². The topological polar surface area (TPSA) is 12.0 Å². The molecule has 0 amide bonds. The van der Waals surface area contributed by atoms with E-state index in [1.165, 1.54) is 32.2 Å². The summed E-state index contributed by atoms with van der Waals surface area (Å²) in [6.07, 6.45) is 5.54. The number of nitrogens with one attached hydrogen (secondary N) is 1. The smallest absolute Gasteiger partial charge is 0.00180 e. The third-order valence-corrected chi connectivity index (χ3v) is 3.08. The van der Waals surface area contributed by atoms with Crippen LogP contribution in [0.4, 0.5) is 0 Å². The van der Waals surface area contributed by atoms with Crippen LogP contribution in [0, 0.1) is 17.8 Å². The first-order valence-corrected chi connectivity index (χ1v) is 6.78. The molecule has 0 spiro atoms. The van der Waals surface area contributed by atoms with Gasteiger partial charge in [-0.05, 0) is 37.3 Å². The van der Waals surface area contributed by atoms with Gasteiger partial charge in [-0.15, -0.1) is 0 Å². The molecule has 0 rings (SSSR count). The zero-order valence-electron chi connectivity index (χ0n) is 11.5. The van der Waals surface area contributed by atoms with E-state index in [0.29, 0.717) is 0 Å². The van der Waals surface area contributed by atoms with Crippen molar-refractivity contribution < 1.29 is 0 Å². The molecular weight excluding hydrogens is 182 g/mol. The zero-order valence-corrected chi connectivity index (χ0v) is 11.5. The molecule has 0 aliphatic heterocycles. The Kier molecular flexibility index (Phi) is 9.18. The minimum atomic E-state index is 0.772. The van der Waals surface area contributed by atoms with Crippen molar-refractivity contribution >= 4 is 0 Å². The van der Waals surface area contributed by atoms with Crippen LogP contribution in [0.5, 0.6) is 0 Å². The van der Waals surface area contributed by atoms with E-state index in [1.54, 1.807) is 0 Å². The lowest BCUT2D eigenvalue weighted by molar-refractivity contribution is 0.324. The molecule has 92 valence electrons. The Bertz CT molecular complexity index is 129. The van der Waals surface area contributed by atoms with Crippen molar-refractivity contribution in [2.24, 2.45) is 17.8 Å². The molecule has 0 aliphatic rings. The molecule has 1 heteroatoms. The van der Waals surface area contributed by atoms with Crippen LogP contribution in [0.2, 0.25) is 0 Å². The van der Waals surface area contributed by atoms with Gasteiger partial charge < -0.3 is 5.32 Å². The first kappa shape index (κ1) is 15.0. The van der Waals surface area contributed by atoms with Crippen LogP contribution in [-0.4, -0.2) is 13.1 Å². The summed E-state index contributed by atoms with van der Waals surface area (Å²) in [5.74, 6) is 2.46. The molecule has 0 radical (unpaired) electrons. The second-order valence-electron chi connectivity index (χ2n) is 5.55. The summed E-state index contributed by atoms with van der Waals surface area (Å²) in [6.45, 7) is 13.9. The highest BCUT2D eigenvalue weighted by molar-refractivity contribution is 4.66. The van der Waals surface area contributed by atoms with Gasteiger partial charge >= 0.3 is 0 Å². The van der Waals surface area contributed by atoms with Crippen LogP contribution in [0.25, 0.3) is 0 Å². The zero-order chi connectivity index (χ0) is 11.7. The molecule has 0 aromatic rings. The lowest BCUT2D eigenvalue weighted by atomic mass is 9.90. The van der Waals surface area contributed by atoms with Crippen molar-refractivity contribution in [1.82, 2.24) is 5.32 Å². The largest absolute Gasteiger partial charge is 0.316 e. The van der Waals surface area contributed by atoms with Gasteiger partial charge in [0.1, 0.15) is 0 Å². The molecule has 0 aromatic heterocycles. The molecule has 0 bridgehead atoms. The fourth-order valence-electron chi connectivity index (χ4n) is 1.89. The summed E-state index contributed by atoms with van der Waals surface area (Å²) >= 11 is 0. The van der Waals surface area contributed by atoms with E-state index < -0.39 is 0 Å². The Balaban J connectivity index is 3.64. The molecule has 0 heterocycles. The molecule has 1 N–H and O–H groups in total. The van der Waals surface area contributed by atoms with Gasteiger partial charge in [-0.3, -0.25) is 0 Å². The SMILES string of the molecule is CCCCCC(CNCC(C)C)C(C)C. The number of rotatable bonds is 9. The molecule has 15 heavy (non-hydrogen) atoms. The van der Waals surface area contributed by atoms with Gasteiger partial charge in [0, 0.05) is 0 Å². The van der Waals surface area contributed by atoms with E-state index >= 15 is 0 Å². The summed E-state index contributed by atoms with van der Waals surface area (Å²) in [6, 6.07) is 0. The standard InChI is InChI=1S/C14H31N/c1-6-7-8-9-14(13(4)5)11-15-10-12(2)3/h12-15H,6-11H2,1-5H3. The van der Waals surface area contributed by atoms with Gasteiger partial charge in [-0.1, -0.05) is 53.9 Å². The molecular formula is C14H31N. The highest BCUT2D eigenvalue weighted by Gasteiger charge is 2.12. The van der Waals surface area contributed by atoms with Crippen molar-refractivity contribution in [3.05, 3.63) is 0 Å². The highest BCUT2D eigenvalue weighted by Crippen LogP contribution is 2.17. The number of hydrogen-bond donors (Lipinski definition) is 1. The van der Waals surface area contributed by atoms with Crippen LogP contribution in [-0.2, 0) is 0 Å². The maximum absolute atomic E-state index is 3.59. The van der Waals surface area contributed by atoms with E-state index in [4.69, 9.17) is 0 Å². The van der Waals surface area contributed by atoms with E-state index in [2.05, 4.69) is 39.9 Å². The average Bonchev–Trinajstić information content (AvgIpc) is 2.15. The third kappa shape index (κ3) is 8.92. The molecule has 0 aliphatic carbocycles. The number of hydrogen-bond acceptors (Lipinski definition) is 1. The van der Waals surface area contributed by atoms with Gasteiger partial charge in [0.25, 0.3) is 0 Å². The second-order valence-corrected chi connectivity index (χ2v) is 5.55. The van der Waals surface area contributed by atoms with Crippen molar-refractivity contribution in [3.63, 3.8) is 0 Å². The van der Waals surface area contributed by atoms with E-state index in [0.717, 1.165) is 24.3 Å². The Morgan fingerprint density at radius 3 is 2.07 bits per heavy atom. The molecule has 1 unspecified atom stereocenters. The van der Waals surface area contributed by atoms with Crippen molar-refractivity contribution in [3.8, 4) is 0 Å². The van der Waals surface area contributed by atoms with Gasteiger partial charge in [-0.2, -0.15) is 0 Å². The molecule has 0 saturated carbocycles. The minimum absolute atomic E-state index is 0.772. The summed E-state index contributed by atoms with van der Waals surface area (Å²) in [7, 11) is 0. The monoisotopic (exact) mass is 213 g/mol. The van der Waals surface area contributed by atoms with E-state index in [-0.39, 0.29) is 0 Å². The summed E-state index contributed by atoms with van der Waals surface area (Å²) in [4.78, 5) is 0. The van der Waals surface area contributed by atoms with Crippen LogP contribution >= 0.6 is 0 Å². The Hall–Kier alpha value is -0.0400. The van der Waals surface area contributed by atoms with Gasteiger partial charge in [-0.25, -0.2) is 0 Å². The predicted molar refractivity (Wildman–Crippen MR) is 70.2 cm³/mol. The number of unbranched alkanes of at least 4 members (excludes halogenated alkanes) is 2. The lowest BCUT2D eigenvalue weighted by Crippen LogP contribution is -2.29. The van der Waals surface area contributed by atoms with E-state index in [1.807, 2.05) is 0 Å². The van der Waals surface area contributed by atoms with Crippen molar-refractivity contribution in [2.45, 2.75) is 60.3 Å². The normalized spacial score (nSPS) is 13.8. The third-order valence-electron chi connectivity index (χ3n) is 3.08. The van der Waals surface area contributed by atoms with Gasteiger partial charge in [0.05, 0.1) is 0 Å². The maximum atomic E-state index is 3.59. The van der Waals surface area contributed by atoms with Gasteiger partial charge in [0.2, 0.25) is 0 Å². The fourth-order valence-corrected chi connectivity index (χ4v) is 1.89. The molecule has 0 fully saturated rings. The minimum Gasteiger partial charge on any atom is -0.316 e. The average molecular weight is 213 g/mol.